The number of nitrogens with zero attached hydrogens (tertiary/aromatic N) is 1. The zero-order chi connectivity index (χ0) is 11.4. The lowest BCUT2D eigenvalue weighted by molar-refractivity contribution is 0.282. The maximum Gasteiger partial charge on any atom is 0.0991 e. The zero-order valence-electron chi connectivity index (χ0n) is 8.72. The molecule has 0 aliphatic heterocycles. The summed E-state index contributed by atoms with van der Waals surface area (Å²) < 4.78 is 0. The first kappa shape index (κ1) is 10.4. The van der Waals surface area contributed by atoms with Crippen molar-refractivity contribution < 1.29 is 5.11 Å². The molecule has 2 heteroatoms. The number of aliphatic hydroxyl groups excluding tert-OH is 1. The molecule has 16 heavy (non-hydrogen) atoms. The first-order valence-corrected chi connectivity index (χ1v) is 5.04. The number of hydrogen-bond donors (Lipinski definition) is 1. The van der Waals surface area contributed by atoms with Gasteiger partial charge in [-0.05, 0) is 34.9 Å². The van der Waals surface area contributed by atoms with Crippen molar-refractivity contribution in [2.24, 2.45) is 0 Å². The van der Waals surface area contributed by atoms with Crippen LogP contribution < -0.4 is 0 Å². The molecule has 0 atom stereocenters. The van der Waals surface area contributed by atoms with Crippen LogP contribution in [0.4, 0.5) is 0 Å². The summed E-state index contributed by atoms with van der Waals surface area (Å²) in [4.78, 5) is 0. The van der Waals surface area contributed by atoms with Gasteiger partial charge < -0.3 is 5.11 Å². The topological polar surface area (TPSA) is 44.0 Å². The number of benzene rings is 2. The summed E-state index contributed by atoms with van der Waals surface area (Å²) in [7, 11) is 0. The molecule has 0 amide bonds. The Balaban J connectivity index is 2.39. The molecule has 0 bridgehead atoms. The van der Waals surface area contributed by atoms with Crippen LogP contribution in [0, 0.1) is 11.3 Å². The molecule has 0 unspecified atom stereocenters. The Bertz CT molecular complexity index is 523. The van der Waals surface area contributed by atoms with Gasteiger partial charge in [-0.25, -0.2) is 0 Å². The summed E-state index contributed by atoms with van der Waals surface area (Å²) in [6, 6.07) is 17.2. The smallest absolute Gasteiger partial charge is 0.0991 e. The first-order chi connectivity index (χ1) is 7.83. The van der Waals surface area contributed by atoms with Gasteiger partial charge in [-0.3, -0.25) is 0 Å². The summed E-state index contributed by atoms with van der Waals surface area (Å²) in [5.41, 5.74) is 3.65. The fourth-order valence-electron chi connectivity index (χ4n) is 1.59. The summed E-state index contributed by atoms with van der Waals surface area (Å²) >= 11 is 0. The highest BCUT2D eigenvalue weighted by atomic mass is 16.3. The molecule has 0 saturated carbocycles. The molecule has 0 heterocycles. The van der Waals surface area contributed by atoms with Gasteiger partial charge in [-0.1, -0.05) is 30.3 Å². The van der Waals surface area contributed by atoms with Crippen LogP contribution >= 0.6 is 0 Å². The van der Waals surface area contributed by atoms with Crippen molar-refractivity contribution >= 4 is 0 Å². The lowest BCUT2D eigenvalue weighted by Crippen LogP contribution is -1.84. The maximum atomic E-state index is 9.05. The molecule has 2 aromatic rings. The summed E-state index contributed by atoms with van der Waals surface area (Å²) in [5, 5.41) is 17.7. The molecule has 0 fully saturated rings. The molecule has 0 spiro atoms. The standard InChI is InChI=1S/C14H11NO/c15-9-11-4-6-13(7-5-11)14-3-1-2-12(8-14)10-16/h1-8,16H,10H2. The lowest BCUT2D eigenvalue weighted by Gasteiger charge is -2.03. The van der Waals surface area contributed by atoms with Crippen molar-refractivity contribution in [1.29, 1.82) is 5.26 Å². The minimum Gasteiger partial charge on any atom is -0.392 e. The van der Waals surface area contributed by atoms with Gasteiger partial charge in [0.15, 0.2) is 0 Å². The van der Waals surface area contributed by atoms with Crippen molar-refractivity contribution in [3.05, 3.63) is 59.7 Å². The van der Waals surface area contributed by atoms with Crippen molar-refractivity contribution in [3.63, 3.8) is 0 Å². The third-order valence-corrected chi connectivity index (χ3v) is 2.46. The summed E-state index contributed by atoms with van der Waals surface area (Å²) in [6.45, 7) is 0.0458. The Morgan fingerprint density at radius 3 is 2.38 bits per heavy atom. The second-order valence-electron chi connectivity index (χ2n) is 3.55. The predicted octanol–water partition coefficient (Wildman–Crippen LogP) is 2.72. The molecule has 0 aromatic heterocycles. The quantitative estimate of drug-likeness (QED) is 0.826. The minimum absolute atomic E-state index is 0.0458. The molecule has 0 radical (unpaired) electrons. The Labute approximate surface area is 94.4 Å². The number of aliphatic hydroxyl groups is 1. The molecular weight excluding hydrogens is 198 g/mol. The van der Waals surface area contributed by atoms with E-state index in [0.717, 1.165) is 16.7 Å². The largest absolute Gasteiger partial charge is 0.392 e. The Kier molecular flexibility index (Phi) is 3.00. The second kappa shape index (κ2) is 4.61. The Morgan fingerprint density at radius 1 is 1.00 bits per heavy atom. The van der Waals surface area contributed by atoms with Crippen molar-refractivity contribution in [1.82, 2.24) is 0 Å². The van der Waals surface area contributed by atoms with Crippen molar-refractivity contribution in [2.75, 3.05) is 0 Å². The highest BCUT2D eigenvalue weighted by molar-refractivity contribution is 5.64. The molecule has 0 saturated heterocycles. The van der Waals surface area contributed by atoms with Gasteiger partial charge in [0.1, 0.15) is 0 Å². The van der Waals surface area contributed by atoms with E-state index in [2.05, 4.69) is 6.07 Å². The van der Waals surface area contributed by atoms with Crippen LogP contribution in [0.3, 0.4) is 0 Å². The maximum absolute atomic E-state index is 9.05. The average Bonchev–Trinajstić information content (AvgIpc) is 2.39. The molecule has 78 valence electrons. The highest BCUT2D eigenvalue weighted by Gasteiger charge is 1.99. The van der Waals surface area contributed by atoms with Gasteiger partial charge in [-0.2, -0.15) is 5.26 Å². The molecule has 1 N–H and O–H groups in total. The van der Waals surface area contributed by atoms with Crippen molar-refractivity contribution in [2.45, 2.75) is 6.61 Å². The summed E-state index contributed by atoms with van der Waals surface area (Å²) in [6.07, 6.45) is 0. The van der Waals surface area contributed by atoms with Gasteiger partial charge >= 0.3 is 0 Å². The van der Waals surface area contributed by atoms with E-state index in [9.17, 15) is 0 Å². The van der Waals surface area contributed by atoms with E-state index in [0.29, 0.717) is 5.56 Å². The van der Waals surface area contributed by atoms with Gasteiger partial charge in [0.2, 0.25) is 0 Å². The number of hydrogen-bond acceptors (Lipinski definition) is 2. The van der Waals surface area contributed by atoms with E-state index < -0.39 is 0 Å². The lowest BCUT2D eigenvalue weighted by atomic mass is 10.0. The number of nitriles is 1. The predicted molar refractivity (Wildman–Crippen MR) is 62.5 cm³/mol. The van der Waals surface area contributed by atoms with Crippen LogP contribution in [0.2, 0.25) is 0 Å². The summed E-state index contributed by atoms with van der Waals surface area (Å²) in [5.74, 6) is 0. The molecule has 2 rings (SSSR count). The van der Waals surface area contributed by atoms with E-state index in [1.807, 2.05) is 36.4 Å². The van der Waals surface area contributed by atoms with Crippen molar-refractivity contribution in [3.8, 4) is 17.2 Å². The van der Waals surface area contributed by atoms with Crippen LogP contribution in [0.5, 0.6) is 0 Å². The fraction of sp³-hybridized carbons (Fsp3) is 0.0714. The molecule has 0 aliphatic rings. The van der Waals surface area contributed by atoms with E-state index in [1.54, 1.807) is 12.1 Å². The minimum atomic E-state index is 0.0458. The second-order valence-corrected chi connectivity index (χ2v) is 3.55. The van der Waals surface area contributed by atoms with E-state index in [-0.39, 0.29) is 6.61 Å². The monoisotopic (exact) mass is 209 g/mol. The van der Waals surface area contributed by atoms with E-state index in [1.165, 1.54) is 0 Å². The van der Waals surface area contributed by atoms with Crippen LogP contribution in [0.25, 0.3) is 11.1 Å². The first-order valence-electron chi connectivity index (χ1n) is 5.04. The van der Waals surface area contributed by atoms with Crippen LogP contribution in [0.1, 0.15) is 11.1 Å². The Morgan fingerprint density at radius 2 is 1.75 bits per heavy atom. The van der Waals surface area contributed by atoms with Gasteiger partial charge in [0.25, 0.3) is 0 Å². The fourth-order valence-corrected chi connectivity index (χ4v) is 1.59. The molecular formula is C14H11NO. The van der Waals surface area contributed by atoms with E-state index >= 15 is 0 Å². The van der Waals surface area contributed by atoms with Crippen LogP contribution in [-0.2, 0) is 6.61 Å². The zero-order valence-corrected chi connectivity index (χ0v) is 8.72. The van der Waals surface area contributed by atoms with Gasteiger partial charge in [0, 0.05) is 0 Å². The van der Waals surface area contributed by atoms with Gasteiger partial charge in [0.05, 0.1) is 18.2 Å². The Hall–Kier alpha value is -2.11. The molecule has 2 aromatic carbocycles. The van der Waals surface area contributed by atoms with Crippen LogP contribution in [-0.4, -0.2) is 5.11 Å². The van der Waals surface area contributed by atoms with E-state index in [4.69, 9.17) is 10.4 Å². The number of rotatable bonds is 2. The third kappa shape index (κ3) is 2.10. The molecule has 0 aliphatic carbocycles. The third-order valence-electron chi connectivity index (χ3n) is 2.46. The average molecular weight is 209 g/mol. The molecule has 2 nitrogen and oxygen atoms in total. The van der Waals surface area contributed by atoms with Gasteiger partial charge in [-0.15, -0.1) is 0 Å². The highest BCUT2D eigenvalue weighted by Crippen LogP contribution is 2.20. The SMILES string of the molecule is N#Cc1ccc(-c2cccc(CO)c2)cc1. The van der Waals surface area contributed by atoms with Crippen LogP contribution in [0.15, 0.2) is 48.5 Å². The normalized spacial score (nSPS) is 9.75.